The highest BCUT2D eigenvalue weighted by Gasteiger charge is 2.17. The summed E-state index contributed by atoms with van der Waals surface area (Å²) in [5.41, 5.74) is -0.181. The normalized spacial score (nSPS) is 11.3. The highest BCUT2D eigenvalue weighted by Crippen LogP contribution is 2.14. The Morgan fingerprint density at radius 3 is 2.45 bits per heavy atom. The van der Waals surface area contributed by atoms with Gasteiger partial charge in [-0.2, -0.15) is 0 Å². The predicted molar refractivity (Wildman–Crippen MR) is 49.7 cm³/mol. The van der Waals surface area contributed by atoms with E-state index in [9.17, 15) is 0 Å². The molecule has 0 aromatic carbocycles. The van der Waals surface area contributed by atoms with Gasteiger partial charge < -0.3 is 9.84 Å². The second kappa shape index (κ2) is 4.67. The van der Waals surface area contributed by atoms with E-state index < -0.39 is 0 Å². The molecule has 0 rings (SSSR count). The summed E-state index contributed by atoms with van der Waals surface area (Å²) >= 11 is 4.87. The van der Waals surface area contributed by atoms with Crippen LogP contribution >= 0.6 is 12.2 Å². The minimum Gasteiger partial charge on any atom is -0.486 e. The number of ether oxygens (including phenoxy) is 1. The molecule has 0 fully saturated rings. The van der Waals surface area contributed by atoms with E-state index in [0.717, 1.165) is 6.42 Å². The molecule has 2 nitrogen and oxygen atoms in total. The molecule has 0 aliphatic rings. The zero-order valence-corrected chi connectivity index (χ0v) is 8.20. The molecule has 0 spiro atoms. The smallest absolute Gasteiger partial charge is 0.159 e. The Morgan fingerprint density at radius 1 is 1.55 bits per heavy atom. The van der Waals surface area contributed by atoms with Crippen molar-refractivity contribution in [3.05, 3.63) is 0 Å². The fraction of sp³-hybridized carbons (Fsp3) is 0.875. The Bertz CT molecular complexity index is 132. The Kier molecular flexibility index (Phi) is 4.61. The molecule has 0 bridgehead atoms. The summed E-state index contributed by atoms with van der Waals surface area (Å²) < 4.78 is 5.22. The van der Waals surface area contributed by atoms with Crippen LogP contribution in [-0.2, 0) is 4.74 Å². The van der Waals surface area contributed by atoms with Crippen LogP contribution in [0.3, 0.4) is 0 Å². The van der Waals surface area contributed by atoms with Gasteiger partial charge in [0.25, 0.3) is 0 Å². The average Bonchev–Trinajstić information content (AvgIpc) is 2.00. The summed E-state index contributed by atoms with van der Waals surface area (Å²) in [6.07, 6.45) is 0.761. The lowest BCUT2D eigenvalue weighted by Crippen LogP contribution is -2.24. The molecule has 0 unspecified atom stereocenters. The van der Waals surface area contributed by atoms with Crippen molar-refractivity contribution in [2.24, 2.45) is 5.41 Å². The van der Waals surface area contributed by atoms with Crippen LogP contribution in [-0.4, -0.2) is 23.4 Å². The fourth-order valence-corrected chi connectivity index (χ4v) is 0.482. The van der Waals surface area contributed by atoms with Crippen LogP contribution < -0.4 is 0 Å². The molecule has 0 saturated heterocycles. The van der Waals surface area contributed by atoms with Gasteiger partial charge in [0.15, 0.2) is 5.05 Å². The van der Waals surface area contributed by atoms with Crippen molar-refractivity contribution in [1.82, 2.24) is 0 Å². The molecule has 66 valence electrons. The Labute approximate surface area is 73.6 Å². The highest BCUT2D eigenvalue weighted by atomic mass is 32.1. The van der Waals surface area contributed by atoms with Crippen LogP contribution in [0.1, 0.15) is 27.2 Å². The van der Waals surface area contributed by atoms with E-state index >= 15 is 0 Å². The summed E-state index contributed by atoms with van der Waals surface area (Å²) in [5.74, 6) is 0. The van der Waals surface area contributed by atoms with E-state index in [1.807, 2.05) is 20.8 Å². The molecule has 0 amide bonds. The number of aliphatic hydroxyl groups excluding tert-OH is 1. The van der Waals surface area contributed by atoms with Gasteiger partial charge in [-0.15, -0.1) is 0 Å². The van der Waals surface area contributed by atoms with Crippen molar-refractivity contribution in [3.63, 3.8) is 0 Å². The van der Waals surface area contributed by atoms with Crippen LogP contribution in [0, 0.1) is 5.41 Å². The average molecular weight is 176 g/mol. The molecule has 11 heavy (non-hydrogen) atoms. The minimum atomic E-state index is -0.181. The van der Waals surface area contributed by atoms with Crippen LogP contribution in [0.2, 0.25) is 0 Å². The summed E-state index contributed by atoms with van der Waals surface area (Å²) in [7, 11) is 0. The van der Waals surface area contributed by atoms with E-state index in [0.29, 0.717) is 11.7 Å². The molecule has 0 aromatic rings. The van der Waals surface area contributed by atoms with Gasteiger partial charge in [-0.05, 0) is 12.2 Å². The Morgan fingerprint density at radius 2 is 2.09 bits per heavy atom. The zero-order chi connectivity index (χ0) is 8.91. The van der Waals surface area contributed by atoms with Gasteiger partial charge in [-0.25, -0.2) is 0 Å². The molecule has 0 aliphatic heterocycles. The van der Waals surface area contributed by atoms with Crippen molar-refractivity contribution < 1.29 is 9.84 Å². The van der Waals surface area contributed by atoms with E-state index in [-0.39, 0.29) is 12.0 Å². The first-order chi connectivity index (χ1) is 5.02. The number of aliphatic hydroxyl groups is 1. The molecule has 0 heterocycles. The SMILES string of the molecule is CCC(=S)OCC(C)(C)CO. The molecule has 0 radical (unpaired) electrons. The zero-order valence-electron chi connectivity index (χ0n) is 7.39. The van der Waals surface area contributed by atoms with Crippen molar-refractivity contribution in [2.75, 3.05) is 13.2 Å². The first kappa shape index (κ1) is 10.8. The van der Waals surface area contributed by atoms with Gasteiger partial charge in [-0.3, -0.25) is 0 Å². The first-order valence-electron chi connectivity index (χ1n) is 3.78. The standard InChI is InChI=1S/C8H16O2S/c1-4-7(11)10-6-8(2,3)5-9/h9H,4-6H2,1-3H3. The topological polar surface area (TPSA) is 29.5 Å². The number of thiocarbonyl (C=S) groups is 1. The van der Waals surface area contributed by atoms with Gasteiger partial charge in [0.1, 0.15) is 0 Å². The van der Waals surface area contributed by atoms with Crippen LogP contribution in [0.5, 0.6) is 0 Å². The third-order valence-corrected chi connectivity index (χ3v) is 1.75. The fourth-order valence-electron chi connectivity index (χ4n) is 0.424. The molecule has 0 saturated carbocycles. The number of hydrogen-bond acceptors (Lipinski definition) is 3. The van der Waals surface area contributed by atoms with Crippen molar-refractivity contribution in [3.8, 4) is 0 Å². The third kappa shape index (κ3) is 5.16. The first-order valence-corrected chi connectivity index (χ1v) is 4.19. The summed E-state index contributed by atoms with van der Waals surface area (Å²) in [5, 5.41) is 9.47. The van der Waals surface area contributed by atoms with Gasteiger partial charge in [-0.1, -0.05) is 20.8 Å². The molecular formula is C8H16O2S. The lowest BCUT2D eigenvalue weighted by molar-refractivity contribution is 0.0925. The van der Waals surface area contributed by atoms with Gasteiger partial charge in [0.2, 0.25) is 0 Å². The molecule has 0 atom stereocenters. The number of hydrogen-bond donors (Lipinski definition) is 1. The van der Waals surface area contributed by atoms with Crippen LogP contribution in [0.4, 0.5) is 0 Å². The van der Waals surface area contributed by atoms with Gasteiger partial charge >= 0.3 is 0 Å². The second-order valence-corrected chi connectivity index (χ2v) is 3.79. The van der Waals surface area contributed by atoms with E-state index in [2.05, 4.69) is 0 Å². The van der Waals surface area contributed by atoms with E-state index in [1.54, 1.807) is 0 Å². The lowest BCUT2D eigenvalue weighted by atomic mass is 9.97. The van der Waals surface area contributed by atoms with Crippen LogP contribution in [0.25, 0.3) is 0 Å². The monoisotopic (exact) mass is 176 g/mol. The van der Waals surface area contributed by atoms with Crippen LogP contribution in [0.15, 0.2) is 0 Å². The summed E-state index contributed by atoms with van der Waals surface area (Å²) in [6.45, 7) is 6.44. The molecule has 0 aliphatic carbocycles. The maximum Gasteiger partial charge on any atom is 0.159 e. The van der Waals surface area contributed by atoms with Crippen molar-refractivity contribution in [2.45, 2.75) is 27.2 Å². The summed E-state index contributed by atoms with van der Waals surface area (Å²) in [4.78, 5) is 0. The predicted octanol–water partition coefficient (Wildman–Crippen LogP) is 1.76. The maximum absolute atomic E-state index is 8.86. The highest BCUT2D eigenvalue weighted by molar-refractivity contribution is 7.80. The number of rotatable bonds is 4. The van der Waals surface area contributed by atoms with Crippen molar-refractivity contribution >= 4 is 17.3 Å². The van der Waals surface area contributed by atoms with Crippen molar-refractivity contribution in [1.29, 1.82) is 0 Å². The molecular weight excluding hydrogens is 160 g/mol. The molecule has 3 heteroatoms. The minimum absolute atomic E-state index is 0.124. The largest absolute Gasteiger partial charge is 0.486 e. The third-order valence-electron chi connectivity index (χ3n) is 1.34. The lowest BCUT2D eigenvalue weighted by Gasteiger charge is -2.21. The summed E-state index contributed by atoms with van der Waals surface area (Å²) in [6, 6.07) is 0. The Balaban J connectivity index is 3.61. The molecule has 1 N–H and O–H groups in total. The quantitative estimate of drug-likeness (QED) is 0.662. The van der Waals surface area contributed by atoms with E-state index in [4.69, 9.17) is 22.1 Å². The Hall–Kier alpha value is -0.150. The van der Waals surface area contributed by atoms with E-state index in [1.165, 1.54) is 0 Å². The maximum atomic E-state index is 8.86. The second-order valence-electron chi connectivity index (χ2n) is 3.34. The van der Waals surface area contributed by atoms with Gasteiger partial charge in [0, 0.05) is 11.8 Å². The molecule has 0 aromatic heterocycles. The van der Waals surface area contributed by atoms with Gasteiger partial charge in [0.05, 0.1) is 13.2 Å².